The van der Waals surface area contributed by atoms with Gasteiger partial charge in [-0.3, -0.25) is 0 Å². The molecule has 0 nitrogen and oxygen atoms in total. The van der Waals surface area contributed by atoms with Gasteiger partial charge in [0.2, 0.25) is 0 Å². The molecule has 0 aliphatic rings. The van der Waals surface area contributed by atoms with Gasteiger partial charge in [-0.05, 0) is 0 Å². The van der Waals surface area contributed by atoms with Crippen molar-refractivity contribution in [1.29, 1.82) is 0 Å². The third-order valence-electron chi connectivity index (χ3n) is 1.79. The highest BCUT2D eigenvalue weighted by Gasteiger charge is 2.09. The van der Waals surface area contributed by atoms with E-state index in [4.69, 9.17) is 0 Å². The van der Waals surface area contributed by atoms with E-state index in [1.807, 2.05) is 0 Å². The van der Waals surface area contributed by atoms with Gasteiger partial charge >= 0.3 is 0 Å². The van der Waals surface area contributed by atoms with Crippen molar-refractivity contribution in [2.24, 2.45) is 0 Å². The van der Waals surface area contributed by atoms with E-state index in [9.17, 15) is 0 Å². The molecule has 0 fully saturated rings. The lowest BCUT2D eigenvalue weighted by atomic mass is 11.0. The molecule has 48 valence electrons. The first-order valence-electron chi connectivity index (χ1n) is 3.37. The highest BCUT2D eigenvalue weighted by molar-refractivity contribution is 7.21. The minimum Gasteiger partial charge on any atom is -0.0733 e. The Morgan fingerprint density at radius 1 is 0.875 bits per heavy atom. The first-order chi connectivity index (χ1) is 3.72. The average molecular weight is 144 g/mol. The molecule has 0 rings (SSSR count). The first kappa shape index (κ1) is 8.43. The average Bonchev–Trinajstić information content (AvgIpc) is 1.84. The molecule has 0 atom stereocenters. The maximum Gasteiger partial charge on any atom is 0.0339 e. The quantitative estimate of drug-likeness (QED) is 0.533. The highest BCUT2D eigenvalue weighted by Crippen LogP contribution is 2.00. The molecule has 2 radical (unpaired) electrons. The van der Waals surface area contributed by atoms with E-state index in [1.165, 1.54) is 12.1 Å². The van der Waals surface area contributed by atoms with Crippen LogP contribution in [0.4, 0.5) is 0 Å². The Morgan fingerprint density at radius 2 is 1.12 bits per heavy atom. The molecule has 2 heteroatoms. The SMILES string of the molecule is CC[Si](C)[Si](C)CC. The van der Waals surface area contributed by atoms with Crippen LogP contribution in [0.2, 0.25) is 25.2 Å². The maximum atomic E-state index is 2.47. The van der Waals surface area contributed by atoms with Crippen molar-refractivity contribution in [3.8, 4) is 0 Å². The molecule has 0 spiro atoms. The molecule has 8 heavy (non-hydrogen) atoms. The Balaban J connectivity index is 3.29. The molecule has 0 bridgehead atoms. The molecular formula is C6H16Si2. The molecular weight excluding hydrogens is 128 g/mol. The molecule has 0 aromatic heterocycles. The smallest absolute Gasteiger partial charge is 0.0339 e. The van der Waals surface area contributed by atoms with Crippen LogP contribution in [0.5, 0.6) is 0 Å². The molecule has 0 heterocycles. The summed E-state index contributed by atoms with van der Waals surface area (Å²) in [6, 6.07) is 2.95. The lowest BCUT2D eigenvalue weighted by Gasteiger charge is -2.10. The van der Waals surface area contributed by atoms with Crippen LogP contribution in [-0.4, -0.2) is 16.6 Å². The fraction of sp³-hybridized carbons (Fsp3) is 1.00. The van der Waals surface area contributed by atoms with Gasteiger partial charge in [0.25, 0.3) is 0 Å². The molecule has 0 amide bonds. The minimum absolute atomic E-state index is 0.144. The van der Waals surface area contributed by atoms with E-state index in [2.05, 4.69) is 26.9 Å². The second-order valence-electron chi connectivity index (χ2n) is 2.27. The zero-order valence-electron chi connectivity index (χ0n) is 6.41. The van der Waals surface area contributed by atoms with Gasteiger partial charge in [-0.25, -0.2) is 0 Å². The van der Waals surface area contributed by atoms with E-state index >= 15 is 0 Å². The van der Waals surface area contributed by atoms with Gasteiger partial charge in [0.05, 0.1) is 0 Å². The van der Waals surface area contributed by atoms with Crippen LogP contribution in [0.25, 0.3) is 0 Å². The standard InChI is InChI=1S/C6H16Si2/c1-5-7(3)8(4)6-2/h5-6H2,1-4H3. The van der Waals surface area contributed by atoms with Crippen LogP contribution < -0.4 is 0 Å². The van der Waals surface area contributed by atoms with Crippen LogP contribution in [0.1, 0.15) is 13.8 Å². The summed E-state index contributed by atoms with van der Waals surface area (Å²) in [5.74, 6) is 0. The van der Waals surface area contributed by atoms with Crippen molar-refractivity contribution in [2.75, 3.05) is 0 Å². The molecule has 0 aromatic rings. The zero-order valence-corrected chi connectivity index (χ0v) is 8.41. The Kier molecular flexibility index (Phi) is 4.56. The Labute approximate surface area is 56.3 Å². The lowest BCUT2D eigenvalue weighted by molar-refractivity contribution is 1.40. The van der Waals surface area contributed by atoms with E-state index in [0.29, 0.717) is 0 Å². The number of hydrogen-bond donors (Lipinski definition) is 0. The largest absolute Gasteiger partial charge is 0.0733 e. The number of hydrogen-bond acceptors (Lipinski definition) is 0. The summed E-state index contributed by atoms with van der Waals surface area (Å²) in [6.45, 7) is 9.61. The summed E-state index contributed by atoms with van der Waals surface area (Å²) in [5, 5.41) is 0. The predicted octanol–water partition coefficient (Wildman–Crippen LogP) is 2.35. The van der Waals surface area contributed by atoms with Gasteiger partial charge in [-0.2, -0.15) is 0 Å². The Bertz CT molecular complexity index is 46.5. The normalized spacial score (nSPS) is 11.2. The van der Waals surface area contributed by atoms with Gasteiger partial charge < -0.3 is 0 Å². The van der Waals surface area contributed by atoms with Crippen molar-refractivity contribution in [1.82, 2.24) is 0 Å². The van der Waals surface area contributed by atoms with Crippen LogP contribution in [0, 0.1) is 0 Å². The van der Waals surface area contributed by atoms with E-state index < -0.39 is 0 Å². The maximum absolute atomic E-state index is 2.47. The number of rotatable bonds is 3. The van der Waals surface area contributed by atoms with Crippen LogP contribution in [-0.2, 0) is 0 Å². The molecule has 0 aliphatic carbocycles. The van der Waals surface area contributed by atoms with Gasteiger partial charge in [-0.15, -0.1) is 0 Å². The van der Waals surface area contributed by atoms with Gasteiger partial charge in [0.15, 0.2) is 0 Å². The van der Waals surface area contributed by atoms with Crippen molar-refractivity contribution in [3.05, 3.63) is 0 Å². The van der Waals surface area contributed by atoms with E-state index in [-0.39, 0.29) is 16.6 Å². The van der Waals surface area contributed by atoms with E-state index in [0.717, 1.165) is 0 Å². The summed E-state index contributed by atoms with van der Waals surface area (Å²) in [5.41, 5.74) is 0. The van der Waals surface area contributed by atoms with Crippen molar-refractivity contribution in [3.63, 3.8) is 0 Å². The van der Waals surface area contributed by atoms with Gasteiger partial charge in [0.1, 0.15) is 0 Å². The topological polar surface area (TPSA) is 0 Å². The molecule has 0 N–H and O–H groups in total. The van der Waals surface area contributed by atoms with Gasteiger partial charge in [-0.1, -0.05) is 39.0 Å². The van der Waals surface area contributed by atoms with Crippen LogP contribution in [0.3, 0.4) is 0 Å². The fourth-order valence-corrected chi connectivity index (χ4v) is 5.43. The minimum atomic E-state index is 0.144. The van der Waals surface area contributed by atoms with Crippen LogP contribution in [0.15, 0.2) is 0 Å². The molecule has 0 aromatic carbocycles. The summed E-state index contributed by atoms with van der Waals surface area (Å²) < 4.78 is 0. The monoisotopic (exact) mass is 144 g/mol. The Morgan fingerprint density at radius 3 is 1.25 bits per heavy atom. The summed E-state index contributed by atoms with van der Waals surface area (Å²) >= 11 is 0. The second kappa shape index (κ2) is 4.33. The zero-order chi connectivity index (χ0) is 6.57. The third kappa shape index (κ3) is 2.67. The van der Waals surface area contributed by atoms with Gasteiger partial charge in [0, 0.05) is 16.6 Å². The van der Waals surface area contributed by atoms with Crippen molar-refractivity contribution in [2.45, 2.75) is 39.0 Å². The van der Waals surface area contributed by atoms with E-state index in [1.54, 1.807) is 0 Å². The summed E-state index contributed by atoms with van der Waals surface area (Å²) in [6.07, 6.45) is 0. The Hall–Kier alpha value is 0.434. The third-order valence-corrected chi connectivity index (χ3v) is 11.9. The molecule has 0 saturated heterocycles. The highest BCUT2D eigenvalue weighted by atomic mass is 29.2. The fourth-order valence-electron chi connectivity index (χ4n) is 0.604. The van der Waals surface area contributed by atoms with Crippen LogP contribution >= 0.6 is 0 Å². The van der Waals surface area contributed by atoms with Crippen molar-refractivity contribution >= 4 is 16.6 Å². The van der Waals surface area contributed by atoms with Crippen molar-refractivity contribution < 1.29 is 0 Å². The lowest BCUT2D eigenvalue weighted by Crippen LogP contribution is -2.27. The molecule has 0 saturated carbocycles. The first-order valence-corrected chi connectivity index (χ1v) is 8.79. The second-order valence-corrected chi connectivity index (χ2v) is 11.9. The summed E-state index contributed by atoms with van der Waals surface area (Å²) in [7, 11) is 0.289. The molecule has 0 unspecified atom stereocenters. The predicted molar refractivity (Wildman–Crippen MR) is 44.2 cm³/mol. The molecule has 0 aliphatic heterocycles. The summed E-state index contributed by atoms with van der Waals surface area (Å²) in [4.78, 5) is 0.